The van der Waals surface area contributed by atoms with E-state index in [0.717, 1.165) is 11.1 Å². The lowest BCUT2D eigenvalue weighted by atomic mass is 10.0. The second-order valence-electron chi connectivity index (χ2n) is 12.1. The molecule has 13 heteroatoms. The van der Waals surface area contributed by atoms with E-state index in [1.54, 1.807) is 60.7 Å². The maximum atomic E-state index is 14.3. The molecule has 5 aromatic rings. The lowest BCUT2D eigenvalue weighted by Gasteiger charge is -2.27. The lowest BCUT2D eigenvalue weighted by Crippen LogP contribution is -2.46. The van der Waals surface area contributed by atoms with Crippen LogP contribution in [0, 0.1) is 5.92 Å². The second kappa shape index (κ2) is 17.3. The highest BCUT2D eigenvalue weighted by Gasteiger charge is 2.39. The average molecular weight is 712 g/mol. The van der Waals surface area contributed by atoms with Gasteiger partial charge in [-0.05, 0) is 28.8 Å². The number of hydrogen-bond donors (Lipinski definition) is 5. The Morgan fingerprint density at radius 1 is 0.765 bits per heavy atom. The number of carbonyl (C=O) groups is 3. The first-order valence-electron chi connectivity index (χ1n) is 16.2. The fourth-order valence-corrected chi connectivity index (χ4v) is 7.45. The van der Waals surface area contributed by atoms with E-state index in [1.165, 1.54) is 24.3 Å². The first-order chi connectivity index (χ1) is 24.6. The predicted octanol–water partition coefficient (Wildman–Crippen LogP) is 5.78. The van der Waals surface area contributed by atoms with Crippen molar-refractivity contribution in [2.45, 2.75) is 37.7 Å². The Kier molecular flexibility index (Phi) is 12.4. The summed E-state index contributed by atoms with van der Waals surface area (Å²) < 4.78 is 25.2. The molecule has 2 unspecified atom stereocenters. The zero-order valence-corrected chi connectivity index (χ0v) is 28.4. The molecule has 264 valence electrons. The number of amides is 2. The number of aromatic nitrogens is 1. The molecule has 0 radical (unpaired) electrons. The third-order valence-corrected chi connectivity index (χ3v) is 10.4. The minimum absolute atomic E-state index is 0.00188. The molecule has 0 aliphatic rings. The van der Waals surface area contributed by atoms with E-state index in [9.17, 15) is 34.1 Å². The number of nitrogens with zero attached hydrogens (tertiary/aromatic N) is 1. The van der Waals surface area contributed by atoms with Crippen molar-refractivity contribution >= 4 is 25.3 Å². The van der Waals surface area contributed by atoms with Crippen LogP contribution in [0.2, 0.25) is 0 Å². The molecule has 1 aromatic heterocycles. The van der Waals surface area contributed by atoms with Crippen molar-refractivity contribution in [3.05, 3.63) is 144 Å². The normalized spacial score (nSPS) is 14.0. The predicted molar refractivity (Wildman–Crippen MR) is 189 cm³/mol. The van der Waals surface area contributed by atoms with E-state index in [2.05, 4.69) is 15.8 Å². The summed E-state index contributed by atoms with van der Waals surface area (Å²) in [5.74, 6) is -4.54. The van der Waals surface area contributed by atoms with Crippen molar-refractivity contribution in [2.24, 2.45) is 5.92 Å². The highest BCUT2D eigenvalue weighted by molar-refractivity contribution is 7.58. The van der Waals surface area contributed by atoms with Gasteiger partial charge in [-0.3, -0.25) is 9.36 Å². The van der Waals surface area contributed by atoms with Crippen LogP contribution in [0.4, 0.5) is 4.79 Å². The van der Waals surface area contributed by atoms with Gasteiger partial charge in [0.25, 0.3) is 0 Å². The number of alkyl carbamates (subject to hydrolysis) is 1. The number of hydrogen-bond acceptors (Lipinski definition) is 8. The van der Waals surface area contributed by atoms with Crippen LogP contribution in [0.5, 0.6) is 5.75 Å². The maximum Gasteiger partial charge on any atom is 0.408 e. The summed E-state index contributed by atoms with van der Waals surface area (Å²) in [6.07, 6.45) is -1.92. The Bertz CT molecular complexity index is 1940. The molecule has 2 amide bonds. The lowest BCUT2D eigenvalue weighted by molar-refractivity contribution is -0.142. The SMILES string of the molecule is O=C(N[C@H](Cc1ccccc1)P(=O)(O)CC(Cc1cc(-c2ccccc2)no1)C(=O)N[C@H](Cc1ccc(O)cc1)C(=O)O)OCc1ccccc1. The van der Waals surface area contributed by atoms with Gasteiger partial charge in [-0.25, -0.2) is 9.59 Å². The fourth-order valence-electron chi connectivity index (χ4n) is 5.47. The van der Waals surface area contributed by atoms with Gasteiger partial charge in [0.15, 0.2) is 0 Å². The van der Waals surface area contributed by atoms with Gasteiger partial charge in [-0.1, -0.05) is 108 Å². The van der Waals surface area contributed by atoms with Crippen molar-refractivity contribution < 1.29 is 43.3 Å². The number of phenolic OH excluding ortho intramolecular Hbond substituents is 1. The Labute approximate surface area is 294 Å². The smallest absolute Gasteiger partial charge is 0.408 e. The first-order valence-corrected chi connectivity index (χ1v) is 18.1. The van der Waals surface area contributed by atoms with Gasteiger partial charge in [0.05, 0.1) is 5.92 Å². The number of ether oxygens (including phenoxy) is 1. The van der Waals surface area contributed by atoms with Crippen LogP contribution in [-0.2, 0) is 44.8 Å². The van der Waals surface area contributed by atoms with E-state index in [-0.39, 0.29) is 37.4 Å². The molecular weight excluding hydrogens is 673 g/mol. The molecule has 0 saturated heterocycles. The van der Waals surface area contributed by atoms with Crippen molar-refractivity contribution in [3.8, 4) is 17.0 Å². The Morgan fingerprint density at radius 2 is 1.35 bits per heavy atom. The third kappa shape index (κ3) is 10.9. The number of rotatable bonds is 16. The number of phenols is 1. The number of benzene rings is 4. The monoisotopic (exact) mass is 711 g/mol. The Morgan fingerprint density at radius 3 is 1.98 bits per heavy atom. The van der Waals surface area contributed by atoms with Crippen LogP contribution in [0.3, 0.4) is 0 Å². The van der Waals surface area contributed by atoms with Gasteiger partial charge in [0.2, 0.25) is 13.3 Å². The van der Waals surface area contributed by atoms with E-state index in [1.807, 2.05) is 36.4 Å². The molecule has 4 atom stereocenters. The van der Waals surface area contributed by atoms with E-state index in [4.69, 9.17) is 9.26 Å². The van der Waals surface area contributed by atoms with Crippen LogP contribution in [0.15, 0.2) is 126 Å². The third-order valence-electron chi connectivity index (χ3n) is 8.18. The standard InChI is InChI=1S/C38H38N3O9P/c42-31-18-16-27(17-19-31)20-34(37(44)45)39-36(43)30(22-32-23-33(41-50-32)29-14-8-3-9-15-29)25-51(47,48)35(21-26-10-4-1-5-11-26)40-38(46)49-24-28-12-6-2-7-13-28/h1-19,23,30,34-35,42H,20-22,24-25H2,(H,39,43)(H,40,46)(H,44,45)(H,47,48)/t30?,34-,35+/m1/s1. The summed E-state index contributed by atoms with van der Waals surface area (Å²) in [5.41, 5.74) is 3.15. The summed E-state index contributed by atoms with van der Waals surface area (Å²) in [6.45, 7) is -0.0711. The zero-order chi connectivity index (χ0) is 36.2. The van der Waals surface area contributed by atoms with E-state index in [0.29, 0.717) is 16.8 Å². The molecule has 5 rings (SSSR count). The van der Waals surface area contributed by atoms with Crippen LogP contribution < -0.4 is 10.6 Å². The summed E-state index contributed by atoms with van der Waals surface area (Å²) in [7, 11) is -4.47. The highest BCUT2D eigenvalue weighted by Crippen LogP contribution is 2.48. The summed E-state index contributed by atoms with van der Waals surface area (Å²) >= 11 is 0. The second-order valence-corrected chi connectivity index (χ2v) is 14.6. The summed E-state index contributed by atoms with van der Waals surface area (Å²) in [4.78, 5) is 50.8. The number of carbonyl (C=O) groups excluding carboxylic acids is 2. The number of aliphatic carboxylic acids is 1. The summed E-state index contributed by atoms with van der Waals surface area (Å²) in [6, 6.07) is 33.0. The van der Waals surface area contributed by atoms with Crippen LogP contribution >= 0.6 is 7.37 Å². The van der Waals surface area contributed by atoms with Gasteiger partial charge in [-0.2, -0.15) is 0 Å². The summed E-state index contributed by atoms with van der Waals surface area (Å²) in [5, 5.41) is 28.8. The van der Waals surface area contributed by atoms with Crippen molar-refractivity contribution in [3.63, 3.8) is 0 Å². The minimum atomic E-state index is -4.47. The topological polar surface area (TPSA) is 188 Å². The number of carboxylic acids is 1. The van der Waals surface area contributed by atoms with Crippen molar-refractivity contribution in [1.29, 1.82) is 0 Å². The molecule has 1 heterocycles. The van der Waals surface area contributed by atoms with Gasteiger partial charge in [0.1, 0.15) is 35.6 Å². The van der Waals surface area contributed by atoms with Crippen molar-refractivity contribution in [2.75, 3.05) is 6.16 Å². The molecule has 0 aliphatic carbocycles. The quantitative estimate of drug-likeness (QED) is 0.0785. The number of carboxylic acid groups (broad SMARTS) is 1. The van der Waals surface area contributed by atoms with Crippen molar-refractivity contribution in [1.82, 2.24) is 15.8 Å². The van der Waals surface area contributed by atoms with Crippen LogP contribution in [-0.4, -0.2) is 56.2 Å². The van der Waals surface area contributed by atoms with Gasteiger partial charge in [0, 0.05) is 37.1 Å². The molecule has 4 aromatic carbocycles. The Balaban J connectivity index is 1.40. The molecule has 0 spiro atoms. The minimum Gasteiger partial charge on any atom is -0.508 e. The molecule has 0 fully saturated rings. The highest BCUT2D eigenvalue weighted by atomic mass is 31.2. The molecule has 0 aliphatic heterocycles. The average Bonchev–Trinajstić information content (AvgIpc) is 3.60. The molecular formula is C38H38N3O9P. The zero-order valence-electron chi connectivity index (χ0n) is 27.5. The van der Waals surface area contributed by atoms with Crippen LogP contribution in [0.25, 0.3) is 11.3 Å². The number of aromatic hydroxyl groups is 1. The molecule has 0 saturated carbocycles. The van der Waals surface area contributed by atoms with Gasteiger partial charge >= 0.3 is 12.1 Å². The Hall–Kier alpha value is -5.71. The first kappa shape index (κ1) is 36.6. The van der Waals surface area contributed by atoms with Gasteiger partial charge in [-0.15, -0.1) is 0 Å². The van der Waals surface area contributed by atoms with E-state index >= 15 is 0 Å². The number of nitrogens with one attached hydrogen (secondary N) is 2. The van der Waals surface area contributed by atoms with E-state index < -0.39 is 49.2 Å². The fraction of sp³-hybridized carbons (Fsp3) is 0.211. The molecule has 51 heavy (non-hydrogen) atoms. The maximum absolute atomic E-state index is 14.3. The molecule has 0 bridgehead atoms. The van der Waals surface area contributed by atoms with Gasteiger partial charge < -0.3 is 35.0 Å². The van der Waals surface area contributed by atoms with Crippen LogP contribution in [0.1, 0.15) is 22.5 Å². The molecule has 12 nitrogen and oxygen atoms in total. The largest absolute Gasteiger partial charge is 0.508 e. The molecule has 5 N–H and O–H groups in total.